The van der Waals surface area contributed by atoms with Crippen LogP contribution in [-0.4, -0.2) is 49.1 Å². The van der Waals surface area contributed by atoms with Gasteiger partial charge in [0.15, 0.2) is 0 Å². The molecule has 0 aliphatic carbocycles. The summed E-state index contributed by atoms with van der Waals surface area (Å²) < 4.78 is 19.6. The number of carbonyl (C=O) groups excluding carboxylic acids is 1. The Morgan fingerprint density at radius 1 is 1.00 bits per heavy atom. The van der Waals surface area contributed by atoms with Crippen molar-refractivity contribution >= 4 is 22.5 Å². The van der Waals surface area contributed by atoms with E-state index in [9.17, 15) is 9.18 Å². The van der Waals surface area contributed by atoms with E-state index in [4.69, 9.17) is 4.74 Å². The number of piperazine rings is 1. The van der Waals surface area contributed by atoms with E-state index >= 15 is 0 Å². The van der Waals surface area contributed by atoms with E-state index in [0.717, 1.165) is 34.2 Å². The van der Waals surface area contributed by atoms with E-state index in [1.807, 2.05) is 28.0 Å². The summed E-state index contributed by atoms with van der Waals surface area (Å²) in [5.41, 5.74) is 5.22. The number of fused-ring (bicyclic) bond motifs is 1. The number of nitrogens with one attached hydrogen (secondary N) is 1. The number of aromatic nitrogens is 1. The number of halogens is 1. The van der Waals surface area contributed by atoms with Crippen LogP contribution in [0.2, 0.25) is 0 Å². The fourth-order valence-electron chi connectivity index (χ4n) is 5.27. The molecule has 3 aromatic carbocycles. The highest BCUT2D eigenvalue weighted by atomic mass is 19.1. The molecule has 1 aromatic heterocycles. The number of hydrogen-bond acceptors (Lipinski definition) is 3. The molecule has 5 nitrogen and oxygen atoms in total. The van der Waals surface area contributed by atoms with E-state index in [1.54, 1.807) is 19.2 Å². The Morgan fingerprint density at radius 2 is 1.75 bits per heavy atom. The first-order valence-electron chi connectivity index (χ1n) is 12.6. The SMILES string of the molecule is CCc1cccc2c(C(CC(=O)N3CCN(c4ccccc4F)CC3)c3ccc(OC)cc3)c[nH]c12. The molecule has 4 aromatic rings. The van der Waals surface area contributed by atoms with Crippen LogP contribution in [0, 0.1) is 5.82 Å². The van der Waals surface area contributed by atoms with Crippen LogP contribution in [0.5, 0.6) is 5.75 Å². The molecule has 5 rings (SSSR count). The van der Waals surface area contributed by atoms with Crippen molar-refractivity contribution in [2.24, 2.45) is 0 Å². The van der Waals surface area contributed by atoms with Gasteiger partial charge in [-0.25, -0.2) is 4.39 Å². The lowest BCUT2D eigenvalue weighted by Crippen LogP contribution is -2.49. The molecule has 1 fully saturated rings. The Balaban J connectivity index is 1.39. The van der Waals surface area contributed by atoms with Crippen molar-refractivity contribution in [2.45, 2.75) is 25.7 Å². The molecule has 1 N–H and O–H groups in total. The zero-order chi connectivity index (χ0) is 25.1. The monoisotopic (exact) mass is 485 g/mol. The van der Waals surface area contributed by atoms with Crippen LogP contribution < -0.4 is 9.64 Å². The number of ether oxygens (including phenoxy) is 1. The lowest BCUT2D eigenvalue weighted by Gasteiger charge is -2.36. The third-order valence-electron chi connectivity index (χ3n) is 7.31. The summed E-state index contributed by atoms with van der Waals surface area (Å²) in [5, 5.41) is 1.16. The van der Waals surface area contributed by atoms with E-state index in [0.29, 0.717) is 38.3 Å². The van der Waals surface area contributed by atoms with Crippen molar-refractivity contribution < 1.29 is 13.9 Å². The van der Waals surface area contributed by atoms with Crippen molar-refractivity contribution in [3.63, 3.8) is 0 Å². The number of nitrogens with zero attached hydrogens (tertiary/aromatic N) is 2. The van der Waals surface area contributed by atoms with Gasteiger partial charge in [-0.05, 0) is 47.4 Å². The van der Waals surface area contributed by atoms with E-state index in [2.05, 4.69) is 48.4 Å². The zero-order valence-electron chi connectivity index (χ0n) is 20.8. The predicted molar refractivity (Wildman–Crippen MR) is 142 cm³/mol. The maximum absolute atomic E-state index is 14.2. The van der Waals surface area contributed by atoms with Gasteiger partial charge >= 0.3 is 0 Å². The second-order valence-electron chi connectivity index (χ2n) is 9.29. The predicted octanol–water partition coefficient (Wildman–Crippen LogP) is 5.75. The zero-order valence-corrected chi connectivity index (χ0v) is 20.8. The van der Waals surface area contributed by atoms with Crippen LogP contribution in [0.1, 0.15) is 36.0 Å². The highest BCUT2D eigenvalue weighted by Crippen LogP contribution is 2.36. The number of benzene rings is 3. The molecule has 0 radical (unpaired) electrons. The highest BCUT2D eigenvalue weighted by molar-refractivity contribution is 5.88. The summed E-state index contributed by atoms with van der Waals surface area (Å²) in [6.07, 6.45) is 3.37. The number of amides is 1. The summed E-state index contributed by atoms with van der Waals surface area (Å²) in [6.45, 7) is 4.55. The number of hydrogen-bond donors (Lipinski definition) is 1. The lowest BCUT2D eigenvalue weighted by atomic mass is 9.87. The molecule has 1 aliphatic heterocycles. The molecule has 1 aliphatic rings. The maximum atomic E-state index is 14.2. The fourth-order valence-corrected chi connectivity index (χ4v) is 5.27. The molecule has 0 spiro atoms. The Hall–Kier alpha value is -3.80. The number of anilines is 1. The molecule has 6 heteroatoms. The minimum absolute atomic E-state index is 0.0890. The average Bonchev–Trinajstić information content (AvgIpc) is 3.36. The summed E-state index contributed by atoms with van der Waals surface area (Å²) >= 11 is 0. The van der Waals surface area contributed by atoms with Crippen molar-refractivity contribution in [1.29, 1.82) is 0 Å². The molecular weight excluding hydrogens is 453 g/mol. The van der Waals surface area contributed by atoms with Gasteiger partial charge in [0.05, 0.1) is 12.8 Å². The summed E-state index contributed by atoms with van der Waals surface area (Å²) in [6, 6.07) is 21.2. The number of methoxy groups -OCH3 is 1. The molecule has 186 valence electrons. The Morgan fingerprint density at radius 3 is 2.44 bits per heavy atom. The van der Waals surface area contributed by atoms with Crippen LogP contribution in [0.25, 0.3) is 10.9 Å². The van der Waals surface area contributed by atoms with Crippen LogP contribution in [-0.2, 0) is 11.2 Å². The van der Waals surface area contributed by atoms with Gasteiger partial charge in [-0.15, -0.1) is 0 Å². The van der Waals surface area contributed by atoms with Gasteiger partial charge in [-0.3, -0.25) is 4.79 Å². The molecule has 1 atom stereocenters. The Labute approximate surface area is 211 Å². The van der Waals surface area contributed by atoms with Gasteiger partial charge in [-0.2, -0.15) is 0 Å². The molecule has 2 heterocycles. The van der Waals surface area contributed by atoms with Crippen molar-refractivity contribution in [2.75, 3.05) is 38.2 Å². The molecule has 1 unspecified atom stereocenters. The van der Waals surface area contributed by atoms with Crippen LogP contribution in [0.15, 0.2) is 72.9 Å². The van der Waals surface area contributed by atoms with Gasteiger partial charge in [0.2, 0.25) is 5.91 Å². The van der Waals surface area contributed by atoms with E-state index in [1.165, 1.54) is 11.6 Å². The molecular formula is C30H32FN3O2. The first kappa shape index (κ1) is 23.9. The number of para-hydroxylation sites is 2. The minimum Gasteiger partial charge on any atom is -0.497 e. The summed E-state index contributed by atoms with van der Waals surface area (Å²) in [5.74, 6) is 0.599. The standard InChI is InChI=1S/C30H32FN3O2/c1-3-21-7-6-8-24-26(20-32-30(21)24)25(22-11-13-23(36-2)14-12-22)19-29(35)34-17-15-33(16-18-34)28-10-5-4-9-27(28)31/h4-14,20,25,32H,3,15-19H2,1-2H3. The average molecular weight is 486 g/mol. The largest absolute Gasteiger partial charge is 0.497 e. The third-order valence-corrected chi connectivity index (χ3v) is 7.31. The number of H-pyrrole nitrogens is 1. The Kier molecular flexibility index (Phi) is 6.94. The number of aromatic amines is 1. The van der Waals surface area contributed by atoms with Crippen molar-refractivity contribution in [1.82, 2.24) is 9.88 Å². The first-order chi connectivity index (χ1) is 17.6. The lowest BCUT2D eigenvalue weighted by molar-refractivity contribution is -0.131. The second-order valence-corrected chi connectivity index (χ2v) is 9.29. The third kappa shape index (κ3) is 4.68. The normalized spacial score (nSPS) is 14.8. The van der Waals surface area contributed by atoms with Crippen molar-refractivity contribution in [3.8, 4) is 5.75 Å². The van der Waals surface area contributed by atoms with E-state index < -0.39 is 0 Å². The molecule has 1 amide bonds. The smallest absolute Gasteiger partial charge is 0.223 e. The molecule has 36 heavy (non-hydrogen) atoms. The van der Waals surface area contributed by atoms with Crippen LogP contribution in [0.3, 0.4) is 0 Å². The van der Waals surface area contributed by atoms with Gasteiger partial charge in [-0.1, -0.05) is 49.4 Å². The van der Waals surface area contributed by atoms with Gasteiger partial charge < -0.3 is 19.5 Å². The molecule has 0 saturated carbocycles. The van der Waals surface area contributed by atoms with Gasteiger partial charge in [0.25, 0.3) is 0 Å². The van der Waals surface area contributed by atoms with E-state index in [-0.39, 0.29) is 17.6 Å². The van der Waals surface area contributed by atoms with Gasteiger partial charge in [0.1, 0.15) is 11.6 Å². The fraction of sp³-hybridized carbons (Fsp3) is 0.300. The summed E-state index contributed by atoms with van der Waals surface area (Å²) in [7, 11) is 1.66. The highest BCUT2D eigenvalue weighted by Gasteiger charge is 2.27. The van der Waals surface area contributed by atoms with Crippen LogP contribution >= 0.6 is 0 Å². The molecule has 1 saturated heterocycles. The Bertz CT molecular complexity index is 1340. The van der Waals surface area contributed by atoms with Gasteiger partial charge in [0, 0.05) is 55.6 Å². The topological polar surface area (TPSA) is 48.6 Å². The first-order valence-corrected chi connectivity index (χ1v) is 12.6. The quantitative estimate of drug-likeness (QED) is 0.363. The van der Waals surface area contributed by atoms with Crippen LogP contribution in [0.4, 0.5) is 10.1 Å². The number of carbonyl (C=O) groups is 1. The minimum atomic E-state index is -0.220. The number of aryl methyl sites for hydroxylation is 1. The maximum Gasteiger partial charge on any atom is 0.223 e. The number of rotatable bonds is 7. The molecule has 0 bridgehead atoms. The van der Waals surface area contributed by atoms with Crippen molar-refractivity contribution in [3.05, 3.63) is 95.4 Å². The second kappa shape index (κ2) is 10.4. The summed E-state index contributed by atoms with van der Waals surface area (Å²) in [4.78, 5) is 21.0.